The molecule has 0 aliphatic heterocycles. The molecule has 1 N–H and O–H groups in total. The first-order valence-corrected chi connectivity index (χ1v) is 6.52. The molecule has 0 saturated carbocycles. The van der Waals surface area contributed by atoms with Crippen LogP contribution in [-0.4, -0.2) is 29.1 Å². The van der Waals surface area contributed by atoms with Gasteiger partial charge in [-0.05, 0) is 25.0 Å². The fourth-order valence-corrected chi connectivity index (χ4v) is 1.92. The van der Waals surface area contributed by atoms with Gasteiger partial charge >= 0.3 is 0 Å². The van der Waals surface area contributed by atoms with Crippen LogP contribution in [0.2, 0.25) is 10.0 Å². The molecule has 5 heteroatoms. The van der Waals surface area contributed by atoms with Crippen molar-refractivity contribution in [2.45, 2.75) is 32.4 Å². The standard InChI is InChI=1S/C13H17Cl2NO2/c1-9(17)6-7-12(18)16(2)8-10-4-3-5-11(14)13(10)15/h3-5,9,17H,6-8H2,1-2H3. The molecule has 18 heavy (non-hydrogen) atoms. The van der Waals surface area contributed by atoms with Crippen molar-refractivity contribution in [2.75, 3.05) is 7.05 Å². The number of carbonyl (C=O) groups excluding carboxylic acids is 1. The third kappa shape index (κ3) is 4.48. The Kier molecular flexibility index (Phi) is 5.93. The van der Waals surface area contributed by atoms with Gasteiger partial charge in [0.1, 0.15) is 0 Å². The number of amides is 1. The van der Waals surface area contributed by atoms with Gasteiger partial charge in [0.25, 0.3) is 0 Å². The van der Waals surface area contributed by atoms with Gasteiger partial charge in [0, 0.05) is 20.0 Å². The van der Waals surface area contributed by atoms with Crippen LogP contribution in [0, 0.1) is 0 Å². The Hall–Kier alpha value is -0.770. The van der Waals surface area contributed by atoms with Crippen molar-refractivity contribution in [2.24, 2.45) is 0 Å². The molecule has 0 spiro atoms. The molecule has 1 unspecified atom stereocenters. The zero-order valence-electron chi connectivity index (χ0n) is 10.5. The molecule has 0 aliphatic carbocycles. The van der Waals surface area contributed by atoms with Crippen molar-refractivity contribution < 1.29 is 9.90 Å². The molecule has 1 aromatic rings. The van der Waals surface area contributed by atoms with Gasteiger partial charge in [-0.25, -0.2) is 0 Å². The van der Waals surface area contributed by atoms with E-state index < -0.39 is 6.10 Å². The normalized spacial score (nSPS) is 12.3. The van der Waals surface area contributed by atoms with Crippen LogP contribution in [0.15, 0.2) is 18.2 Å². The summed E-state index contributed by atoms with van der Waals surface area (Å²) in [4.78, 5) is 13.4. The molecule has 0 heterocycles. The summed E-state index contributed by atoms with van der Waals surface area (Å²) in [7, 11) is 1.71. The van der Waals surface area contributed by atoms with Gasteiger partial charge in [0.05, 0.1) is 16.1 Å². The first-order chi connectivity index (χ1) is 8.41. The van der Waals surface area contributed by atoms with Crippen molar-refractivity contribution in [3.05, 3.63) is 33.8 Å². The third-order valence-electron chi connectivity index (χ3n) is 2.64. The Morgan fingerprint density at radius 3 is 2.72 bits per heavy atom. The largest absolute Gasteiger partial charge is 0.393 e. The maximum Gasteiger partial charge on any atom is 0.222 e. The SMILES string of the molecule is CC(O)CCC(=O)N(C)Cc1cccc(Cl)c1Cl. The summed E-state index contributed by atoms with van der Waals surface area (Å²) in [5.41, 5.74) is 0.817. The highest BCUT2D eigenvalue weighted by Gasteiger charge is 2.12. The van der Waals surface area contributed by atoms with Crippen LogP contribution in [0.3, 0.4) is 0 Å². The summed E-state index contributed by atoms with van der Waals surface area (Å²) in [5, 5.41) is 10.1. The lowest BCUT2D eigenvalue weighted by molar-refractivity contribution is -0.131. The number of rotatable bonds is 5. The predicted molar refractivity (Wildman–Crippen MR) is 73.9 cm³/mol. The summed E-state index contributed by atoms with van der Waals surface area (Å²) in [6, 6.07) is 5.35. The summed E-state index contributed by atoms with van der Waals surface area (Å²) in [6.45, 7) is 2.08. The van der Waals surface area contributed by atoms with Crippen LogP contribution in [0.5, 0.6) is 0 Å². The lowest BCUT2D eigenvalue weighted by Gasteiger charge is -2.18. The van der Waals surface area contributed by atoms with Crippen LogP contribution < -0.4 is 0 Å². The Labute approximate surface area is 117 Å². The molecule has 0 aromatic heterocycles. The second-order valence-electron chi connectivity index (χ2n) is 4.35. The number of hydrogen-bond acceptors (Lipinski definition) is 2. The van der Waals surface area contributed by atoms with Gasteiger partial charge in [0.15, 0.2) is 0 Å². The van der Waals surface area contributed by atoms with E-state index in [9.17, 15) is 4.79 Å². The number of aliphatic hydroxyl groups excluding tert-OH is 1. The molecule has 3 nitrogen and oxygen atoms in total. The Bertz CT molecular complexity index is 421. The maximum absolute atomic E-state index is 11.8. The maximum atomic E-state index is 11.8. The van der Waals surface area contributed by atoms with Crippen LogP contribution in [0.4, 0.5) is 0 Å². The fraction of sp³-hybridized carbons (Fsp3) is 0.462. The average Bonchev–Trinajstić information content (AvgIpc) is 2.31. The van der Waals surface area contributed by atoms with Gasteiger partial charge < -0.3 is 10.0 Å². The Morgan fingerprint density at radius 1 is 1.44 bits per heavy atom. The summed E-state index contributed by atoms with van der Waals surface area (Å²) < 4.78 is 0. The highest BCUT2D eigenvalue weighted by Crippen LogP contribution is 2.26. The molecule has 1 amide bonds. The minimum absolute atomic E-state index is 0.0213. The molecule has 0 radical (unpaired) electrons. The number of nitrogens with zero attached hydrogens (tertiary/aromatic N) is 1. The molecular formula is C13H17Cl2NO2. The van der Waals surface area contributed by atoms with Gasteiger partial charge in [-0.1, -0.05) is 35.3 Å². The predicted octanol–water partition coefficient (Wildman–Crippen LogP) is 3.11. The number of benzene rings is 1. The second kappa shape index (κ2) is 6.98. The molecule has 0 aliphatic rings. The minimum atomic E-state index is -0.461. The van der Waals surface area contributed by atoms with E-state index in [0.29, 0.717) is 29.4 Å². The molecule has 0 fully saturated rings. The van der Waals surface area contributed by atoms with E-state index in [-0.39, 0.29) is 5.91 Å². The minimum Gasteiger partial charge on any atom is -0.393 e. The lowest BCUT2D eigenvalue weighted by Crippen LogP contribution is -2.26. The van der Waals surface area contributed by atoms with E-state index >= 15 is 0 Å². The lowest BCUT2D eigenvalue weighted by atomic mass is 10.2. The zero-order chi connectivity index (χ0) is 13.7. The topological polar surface area (TPSA) is 40.5 Å². The monoisotopic (exact) mass is 289 g/mol. The van der Waals surface area contributed by atoms with Gasteiger partial charge in [0.2, 0.25) is 5.91 Å². The van der Waals surface area contributed by atoms with Crippen molar-refractivity contribution in [3.8, 4) is 0 Å². The quantitative estimate of drug-likeness (QED) is 0.905. The fourth-order valence-electron chi connectivity index (χ4n) is 1.54. The highest BCUT2D eigenvalue weighted by molar-refractivity contribution is 6.42. The summed E-state index contributed by atoms with van der Waals surface area (Å²) in [6.07, 6.45) is 0.329. The number of carbonyl (C=O) groups is 1. The number of aliphatic hydroxyl groups is 1. The first-order valence-electron chi connectivity index (χ1n) is 5.76. The molecular weight excluding hydrogens is 273 g/mol. The molecule has 0 saturated heterocycles. The Morgan fingerprint density at radius 2 is 2.11 bits per heavy atom. The van der Waals surface area contributed by atoms with Crippen molar-refractivity contribution in [3.63, 3.8) is 0 Å². The van der Waals surface area contributed by atoms with Crippen LogP contribution >= 0.6 is 23.2 Å². The summed E-state index contributed by atoms with van der Waals surface area (Å²) >= 11 is 12.0. The van der Waals surface area contributed by atoms with Gasteiger partial charge in [-0.3, -0.25) is 4.79 Å². The zero-order valence-corrected chi connectivity index (χ0v) is 12.0. The second-order valence-corrected chi connectivity index (χ2v) is 5.14. The van der Waals surface area contributed by atoms with E-state index in [1.807, 2.05) is 6.07 Å². The number of hydrogen-bond donors (Lipinski definition) is 1. The van der Waals surface area contributed by atoms with Crippen molar-refractivity contribution in [1.29, 1.82) is 0 Å². The molecule has 1 aromatic carbocycles. The molecule has 1 rings (SSSR count). The summed E-state index contributed by atoms with van der Waals surface area (Å²) in [5.74, 6) is -0.0213. The highest BCUT2D eigenvalue weighted by atomic mass is 35.5. The number of halogens is 2. The van der Waals surface area contributed by atoms with Crippen molar-refractivity contribution >= 4 is 29.1 Å². The third-order valence-corrected chi connectivity index (χ3v) is 3.50. The smallest absolute Gasteiger partial charge is 0.222 e. The van der Waals surface area contributed by atoms with Crippen LogP contribution in [0.25, 0.3) is 0 Å². The molecule has 0 bridgehead atoms. The van der Waals surface area contributed by atoms with Crippen LogP contribution in [0.1, 0.15) is 25.3 Å². The first kappa shape index (κ1) is 15.3. The Balaban J connectivity index is 2.61. The van der Waals surface area contributed by atoms with E-state index in [2.05, 4.69) is 0 Å². The van der Waals surface area contributed by atoms with Gasteiger partial charge in [-0.2, -0.15) is 0 Å². The van der Waals surface area contributed by atoms with E-state index in [0.717, 1.165) is 5.56 Å². The van der Waals surface area contributed by atoms with Crippen LogP contribution in [-0.2, 0) is 11.3 Å². The molecule has 100 valence electrons. The van der Waals surface area contributed by atoms with E-state index in [1.54, 1.807) is 31.0 Å². The average molecular weight is 290 g/mol. The van der Waals surface area contributed by atoms with E-state index in [1.165, 1.54) is 0 Å². The molecule has 1 atom stereocenters. The van der Waals surface area contributed by atoms with E-state index in [4.69, 9.17) is 28.3 Å². The van der Waals surface area contributed by atoms with Gasteiger partial charge in [-0.15, -0.1) is 0 Å². The van der Waals surface area contributed by atoms with Crippen molar-refractivity contribution in [1.82, 2.24) is 4.90 Å².